The Balaban J connectivity index is 1.82. The van der Waals surface area contributed by atoms with Gasteiger partial charge in [-0.15, -0.1) is 11.3 Å². The molecular formula is C18H10F4N4OS. The van der Waals surface area contributed by atoms with E-state index < -0.39 is 29.0 Å². The number of aromatic amines is 1. The third kappa shape index (κ3) is 3.33. The van der Waals surface area contributed by atoms with E-state index in [2.05, 4.69) is 20.3 Å². The number of nitrogens with zero attached hydrogens (tertiary/aromatic N) is 2. The van der Waals surface area contributed by atoms with Crippen LogP contribution in [0.3, 0.4) is 0 Å². The van der Waals surface area contributed by atoms with Crippen molar-refractivity contribution in [2.24, 2.45) is 0 Å². The second-order valence-electron chi connectivity index (χ2n) is 5.77. The van der Waals surface area contributed by atoms with Crippen molar-refractivity contribution in [1.29, 1.82) is 0 Å². The van der Waals surface area contributed by atoms with Crippen LogP contribution in [-0.4, -0.2) is 20.9 Å². The number of imidazole rings is 1. The molecule has 142 valence electrons. The molecule has 0 unspecified atom stereocenters. The summed E-state index contributed by atoms with van der Waals surface area (Å²) < 4.78 is 53.5. The lowest BCUT2D eigenvalue weighted by atomic mass is 10.1. The molecule has 0 saturated carbocycles. The first kappa shape index (κ1) is 18.1. The number of anilines is 1. The smallest absolute Gasteiger partial charge is 0.338 e. The minimum absolute atomic E-state index is 0.153. The molecule has 0 aliphatic carbocycles. The van der Waals surface area contributed by atoms with E-state index in [1.807, 2.05) is 0 Å². The van der Waals surface area contributed by atoms with Gasteiger partial charge in [-0.25, -0.2) is 14.4 Å². The Morgan fingerprint density at radius 3 is 2.71 bits per heavy atom. The van der Waals surface area contributed by atoms with E-state index in [-0.39, 0.29) is 16.9 Å². The average Bonchev–Trinajstić information content (AvgIpc) is 3.29. The number of nitrogens with one attached hydrogen (secondary N) is 2. The maximum absolute atomic E-state index is 13.6. The third-order valence-electron chi connectivity index (χ3n) is 3.95. The fourth-order valence-electron chi connectivity index (χ4n) is 2.75. The van der Waals surface area contributed by atoms with Crippen LogP contribution in [0, 0.1) is 5.82 Å². The zero-order valence-corrected chi connectivity index (χ0v) is 14.7. The van der Waals surface area contributed by atoms with E-state index in [9.17, 15) is 22.4 Å². The Labute approximate surface area is 159 Å². The van der Waals surface area contributed by atoms with Gasteiger partial charge in [0, 0.05) is 17.1 Å². The molecule has 0 spiro atoms. The van der Waals surface area contributed by atoms with Crippen molar-refractivity contribution < 1.29 is 22.4 Å². The summed E-state index contributed by atoms with van der Waals surface area (Å²) in [4.78, 5) is 23.4. The van der Waals surface area contributed by atoms with E-state index in [0.717, 1.165) is 12.1 Å². The van der Waals surface area contributed by atoms with E-state index in [1.54, 1.807) is 17.5 Å². The Bertz CT molecular complexity index is 1170. The number of amides is 1. The predicted octanol–water partition coefficient (Wildman–Crippen LogP) is 5.10. The monoisotopic (exact) mass is 406 g/mol. The number of alkyl halides is 3. The minimum atomic E-state index is -4.69. The maximum atomic E-state index is 13.6. The maximum Gasteiger partial charge on any atom is 0.417 e. The first-order chi connectivity index (χ1) is 13.3. The molecule has 0 aliphatic rings. The number of rotatable bonds is 3. The fraction of sp³-hybridized carbons (Fsp3) is 0.0556. The molecule has 0 saturated heterocycles. The molecule has 2 aromatic carbocycles. The highest BCUT2D eigenvalue weighted by atomic mass is 32.1. The van der Waals surface area contributed by atoms with Crippen LogP contribution in [0.25, 0.3) is 22.4 Å². The van der Waals surface area contributed by atoms with Crippen LogP contribution < -0.4 is 5.32 Å². The second kappa shape index (κ2) is 6.71. The number of thiazole rings is 1. The van der Waals surface area contributed by atoms with Crippen LogP contribution in [0.2, 0.25) is 0 Å². The Hall–Kier alpha value is -3.27. The van der Waals surface area contributed by atoms with Crippen LogP contribution in [-0.2, 0) is 6.18 Å². The molecule has 1 amide bonds. The Morgan fingerprint density at radius 2 is 2.00 bits per heavy atom. The lowest BCUT2D eigenvalue weighted by molar-refractivity contribution is -0.137. The van der Waals surface area contributed by atoms with Gasteiger partial charge in [-0.05, 0) is 30.3 Å². The van der Waals surface area contributed by atoms with Crippen molar-refractivity contribution in [3.05, 3.63) is 64.9 Å². The van der Waals surface area contributed by atoms with Crippen molar-refractivity contribution in [3.8, 4) is 11.4 Å². The summed E-state index contributed by atoms with van der Waals surface area (Å²) in [5, 5.41) is 4.66. The van der Waals surface area contributed by atoms with Gasteiger partial charge in [0.15, 0.2) is 5.13 Å². The van der Waals surface area contributed by atoms with Crippen LogP contribution >= 0.6 is 11.3 Å². The molecule has 5 nitrogen and oxygen atoms in total. The van der Waals surface area contributed by atoms with Crippen molar-refractivity contribution in [2.75, 3.05) is 5.32 Å². The molecule has 4 rings (SSSR count). The SMILES string of the molecule is O=C(Nc1nccs1)c1cccc2[nH]c(-c3cc(F)ccc3C(F)(F)F)nc12. The number of aromatic nitrogens is 3. The topological polar surface area (TPSA) is 70.7 Å². The molecule has 4 aromatic rings. The van der Waals surface area contributed by atoms with Crippen molar-refractivity contribution in [3.63, 3.8) is 0 Å². The fourth-order valence-corrected chi connectivity index (χ4v) is 3.28. The van der Waals surface area contributed by atoms with Crippen LogP contribution in [0.5, 0.6) is 0 Å². The number of carbonyl (C=O) groups excluding carboxylic acids is 1. The molecule has 0 radical (unpaired) electrons. The summed E-state index contributed by atoms with van der Waals surface area (Å²) >= 11 is 1.22. The number of halogens is 4. The molecular weight excluding hydrogens is 396 g/mol. The van der Waals surface area contributed by atoms with Gasteiger partial charge in [0.05, 0.1) is 16.6 Å². The summed E-state index contributed by atoms with van der Waals surface area (Å²) in [5.41, 5.74) is -0.792. The second-order valence-corrected chi connectivity index (χ2v) is 6.66. The quantitative estimate of drug-likeness (QED) is 0.465. The van der Waals surface area contributed by atoms with E-state index in [1.165, 1.54) is 23.6 Å². The van der Waals surface area contributed by atoms with Crippen LogP contribution in [0.1, 0.15) is 15.9 Å². The van der Waals surface area contributed by atoms with Crippen LogP contribution in [0.4, 0.5) is 22.7 Å². The zero-order chi connectivity index (χ0) is 19.9. The summed E-state index contributed by atoms with van der Waals surface area (Å²) in [6, 6.07) is 6.79. The van der Waals surface area contributed by atoms with Crippen molar-refractivity contribution in [1.82, 2.24) is 15.0 Å². The first-order valence-electron chi connectivity index (χ1n) is 7.89. The van der Waals surface area contributed by atoms with E-state index in [0.29, 0.717) is 16.7 Å². The average molecular weight is 406 g/mol. The van der Waals surface area contributed by atoms with Gasteiger partial charge in [0.1, 0.15) is 17.2 Å². The summed E-state index contributed by atoms with van der Waals surface area (Å²) in [6.45, 7) is 0. The normalized spacial score (nSPS) is 11.7. The Kier molecular flexibility index (Phi) is 4.34. The highest BCUT2D eigenvalue weighted by molar-refractivity contribution is 7.13. The first-order valence-corrected chi connectivity index (χ1v) is 8.77. The number of carbonyl (C=O) groups is 1. The number of para-hydroxylation sites is 1. The summed E-state index contributed by atoms with van der Waals surface area (Å²) in [6.07, 6.45) is -3.16. The number of hydrogen-bond acceptors (Lipinski definition) is 4. The standard InChI is InChI=1S/C18H10F4N4OS/c19-9-4-5-12(18(20,21)22)11(8-9)15-24-13-3-1-2-10(14(13)25-15)16(27)26-17-23-6-7-28-17/h1-8H,(H,24,25)(H,23,26,27). The predicted molar refractivity (Wildman–Crippen MR) is 96.6 cm³/mol. The van der Waals surface area contributed by atoms with Gasteiger partial charge in [0.25, 0.3) is 5.91 Å². The van der Waals surface area contributed by atoms with Crippen molar-refractivity contribution in [2.45, 2.75) is 6.18 Å². The van der Waals surface area contributed by atoms with Crippen LogP contribution in [0.15, 0.2) is 48.0 Å². The molecule has 0 bridgehead atoms. The number of fused-ring (bicyclic) bond motifs is 1. The number of hydrogen-bond donors (Lipinski definition) is 2. The highest BCUT2D eigenvalue weighted by Crippen LogP contribution is 2.37. The van der Waals surface area contributed by atoms with Gasteiger partial charge >= 0.3 is 6.18 Å². The largest absolute Gasteiger partial charge is 0.417 e. The third-order valence-corrected chi connectivity index (χ3v) is 4.64. The molecule has 2 heterocycles. The molecule has 0 aliphatic heterocycles. The minimum Gasteiger partial charge on any atom is -0.338 e. The molecule has 2 aromatic heterocycles. The number of H-pyrrole nitrogens is 1. The molecule has 28 heavy (non-hydrogen) atoms. The Morgan fingerprint density at radius 1 is 1.18 bits per heavy atom. The summed E-state index contributed by atoms with van der Waals surface area (Å²) in [7, 11) is 0. The van der Waals surface area contributed by atoms with Gasteiger partial charge in [0.2, 0.25) is 0 Å². The molecule has 0 atom stereocenters. The van der Waals surface area contributed by atoms with E-state index >= 15 is 0 Å². The van der Waals surface area contributed by atoms with Gasteiger partial charge in [-0.2, -0.15) is 13.2 Å². The van der Waals surface area contributed by atoms with Gasteiger partial charge in [-0.1, -0.05) is 6.07 Å². The lowest BCUT2D eigenvalue weighted by Crippen LogP contribution is -2.12. The molecule has 10 heteroatoms. The molecule has 2 N–H and O–H groups in total. The lowest BCUT2D eigenvalue weighted by Gasteiger charge is -2.11. The highest BCUT2D eigenvalue weighted by Gasteiger charge is 2.34. The number of benzene rings is 2. The summed E-state index contributed by atoms with van der Waals surface area (Å²) in [5.74, 6) is -1.52. The van der Waals surface area contributed by atoms with Gasteiger partial charge in [-0.3, -0.25) is 10.1 Å². The zero-order valence-electron chi connectivity index (χ0n) is 13.8. The molecule has 0 fully saturated rings. The van der Waals surface area contributed by atoms with E-state index in [4.69, 9.17) is 0 Å². The van der Waals surface area contributed by atoms with Gasteiger partial charge < -0.3 is 4.98 Å². The van der Waals surface area contributed by atoms with Crippen molar-refractivity contribution >= 4 is 33.4 Å².